The lowest BCUT2D eigenvalue weighted by Crippen LogP contribution is -2.29. The molecule has 2 atom stereocenters. The van der Waals surface area contributed by atoms with Crippen LogP contribution in [-0.2, 0) is 0 Å². The third kappa shape index (κ3) is 4.90. The molecule has 1 N–H and O–H groups in total. The number of pyridine rings is 1. The molecule has 5 nitrogen and oxygen atoms in total. The molecule has 1 aliphatic carbocycles. The van der Waals surface area contributed by atoms with Crippen LogP contribution in [0.2, 0.25) is 10.0 Å². The Labute approximate surface area is 244 Å². The van der Waals surface area contributed by atoms with Gasteiger partial charge in [-0.05, 0) is 112 Å². The van der Waals surface area contributed by atoms with E-state index in [-0.39, 0.29) is 12.1 Å². The van der Waals surface area contributed by atoms with E-state index in [2.05, 4.69) is 59.0 Å². The fraction of sp³-hybridized carbons (Fsp3) is 0.290. The second kappa shape index (κ2) is 10.8. The van der Waals surface area contributed by atoms with Crippen molar-refractivity contribution in [2.45, 2.75) is 57.7 Å². The third-order valence-electron chi connectivity index (χ3n) is 7.78. The first-order valence-electron chi connectivity index (χ1n) is 13.3. The third-order valence-corrected chi connectivity index (χ3v) is 8.90. The van der Waals surface area contributed by atoms with Gasteiger partial charge in [-0.3, -0.25) is 4.98 Å². The van der Waals surface area contributed by atoms with Crippen LogP contribution >= 0.6 is 35.4 Å². The SMILES string of the molecule is Cc1cc([C@H]2[C@@H](c3ccccn3)NC(=S)N2c2ccc(OC3CCCC3)cc2)c(C)n1-c1cccc(Cl)c1Cl. The Morgan fingerprint density at radius 2 is 1.74 bits per heavy atom. The van der Waals surface area contributed by atoms with Gasteiger partial charge in [0.1, 0.15) is 5.75 Å². The van der Waals surface area contributed by atoms with Gasteiger partial charge in [0.05, 0.1) is 39.6 Å². The van der Waals surface area contributed by atoms with E-state index < -0.39 is 0 Å². The first-order valence-corrected chi connectivity index (χ1v) is 14.5. The molecule has 0 unspecified atom stereocenters. The molecule has 6 rings (SSSR count). The van der Waals surface area contributed by atoms with Crippen LogP contribution in [0.15, 0.2) is 72.9 Å². The molecule has 2 aliphatic rings. The molecule has 2 aromatic carbocycles. The first-order chi connectivity index (χ1) is 18.9. The van der Waals surface area contributed by atoms with Crippen molar-refractivity contribution in [3.8, 4) is 11.4 Å². The van der Waals surface area contributed by atoms with E-state index in [4.69, 9.17) is 45.1 Å². The van der Waals surface area contributed by atoms with Crippen LogP contribution in [0.3, 0.4) is 0 Å². The maximum absolute atomic E-state index is 6.67. The van der Waals surface area contributed by atoms with Gasteiger partial charge in [-0.15, -0.1) is 0 Å². The number of aromatic nitrogens is 2. The van der Waals surface area contributed by atoms with Gasteiger partial charge in [-0.1, -0.05) is 35.3 Å². The van der Waals surface area contributed by atoms with Crippen LogP contribution in [0.5, 0.6) is 5.75 Å². The predicted octanol–water partition coefficient (Wildman–Crippen LogP) is 8.29. The van der Waals surface area contributed by atoms with Crippen LogP contribution in [0.25, 0.3) is 5.69 Å². The number of thiocarbonyl (C=S) groups is 1. The maximum Gasteiger partial charge on any atom is 0.174 e. The number of benzene rings is 2. The average Bonchev–Trinajstić information content (AvgIpc) is 3.65. The second-order valence-corrected chi connectivity index (χ2v) is 11.4. The fourth-order valence-electron chi connectivity index (χ4n) is 5.96. The number of anilines is 1. The van der Waals surface area contributed by atoms with Gasteiger partial charge >= 0.3 is 0 Å². The summed E-state index contributed by atoms with van der Waals surface area (Å²) in [5.74, 6) is 0.898. The molecule has 0 spiro atoms. The Morgan fingerprint density at radius 3 is 2.46 bits per heavy atom. The molecule has 3 heterocycles. The Balaban J connectivity index is 1.43. The maximum atomic E-state index is 6.67. The molecule has 0 bridgehead atoms. The highest BCUT2D eigenvalue weighted by Crippen LogP contribution is 2.44. The highest BCUT2D eigenvalue weighted by atomic mass is 35.5. The summed E-state index contributed by atoms with van der Waals surface area (Å²) < 4.78 is 8.39. The smallest absolute Gasteiger partial charge is 0.174 e. The zero-order valence-electron chi connectivity index (χ0n) is 21.9. The van der Waals surface area contributed by atoms with Gasteiger partial charge < -0.3 is 19.5 Å². The van der Waals surface area contributed by atoms with Gasteiger partial charge in [-0.2, -0.15) is 0 Å². The van der Waals surface area contributed by atoms with E-state index in [9.17, 15) is 0 Å². The monoisotopic (exact) mass is 576 g/mol. The summed E-state index contributed by atoms with van der Waals surface area (Å²) >= 11 is 19.0. The summed E-state index contributed by atoms with van der Waals surface area (Å²) in [6.07, 6.45) is 6.88. The fourth-order valence-corrected chi connectivity index (χ4v) is 6.68. The predicted molar refractivity (Wildman–Crippen MR) is 163 cm³/mol. The van der Waals surface area contributed by atoms with Crippen LogP contribution in [0.4, 0.5) is 5.69 Å². The standard InChI is InChI=1S/C31H30Cl2N4OS/c1-19-18-24(20(2)36(19)27-12-7-10-25(32)28(27)33)30-29(26-11-5-6-17-34-26)35-31(39)37(30)21-13-15-23(16-14-21)38-22-8-3-4-9-22/h5-7,10-18,22,29-30H,3-4,8-9H2,1-2H3,(H,35,39)/t29-,30+/m1/s1. The number of hydrogen-bond acceptors (Lipinski definition) is 3. The number of halogens is 2. The molecule has 4 aromatic rings. The molecular formula is C31H30Cl2N4OS. The lowest BCUT2D eigenvalue weighted by atomic mass is 9.96. The zero-order chi connectivity index (χ0) is 27.1. The van der Waals surface area contributed by atoms with E-state index in [1.807, 2.05) is 36.5 Å². The normalized spacial score (nSPS) is 19.5. The molecule has 0 radical (unpaired) electrons. The molecule has 1 aliphatic heterocycles. The van der Waals surface area contributed by atoms with Crippen molar-refractivity contribution in [2.24, 2.45) is 0 Å². The van der Waals surface area contributed by atoms with E-state index in [1.165, 1.54) is 12.8 Å². The molecule has 8 heteroatoms. The van der Waals surface area contributed by atoms with Crippen molar-refractivity contribution < 1.29 is 4.74 Å². The lowest BCUT2D eigenvalue weighted by Gasteiger charge is -2.28. The molecule has 1 saturated carbocycles. The zero-order valence-corrected chi connectivity index (χ0v) is 24.2. The number of nitrogens with zero attached hydrogens (tertiary/aromatic N) is 3. The minimum atomic E-state index is -0.142. The van der Waals surface area contributed by atoms with Gasteiger partial charge in [0.25, 0.3) is 0 Å². The largest absolute Gasteiger partial charge is 0.490 e. The van der Waals surface area contributed by atoms with E-state index in [1.54, 1.807) is 6.07 Å². The Morgan fingerprint density at radius 1 is 0.974 bits per heavy atom. The molecule has 1 saturated heterocycles. The number of aryl methyl sites for hydroxylation is 1. The van der Waals surface area contributed by atoms with Crippen molar-refractivity contribution in [1.29, 1.82) is 0 Å². The van der Waals surface area contributed by atoms with Crippen LogP contribution in [-0.4, -0.2) is 20.8 Å². The van der Waals surface area contributed by atoms with E-state index in [0.717, 1.165) is 52.6 Å². The van der Waals surface area contributed by atoms with E-state index in [0.29, 0.717) is 21.3 Å². The summed E-state index contributed by atoms with van der Waals surface area (Å²) in [6.45, 7) is 4.21. The van der Waals surface area contributed by atoms with Gasteiger partial charge in [0, 0.05) is 23.3 Å². The second-order valence-electron chi connectivity index (χ2n) is 10.2. The molecule has 2 fully saturated rings. The molecule has 200 valence electrons. The summed E-state index contributed by atoms with van der Waals surface area (Å²) in [4.78, 5) is 6.89. The number of ether oxygens (including phenoxy) is 1. The topological polar surface area (TPSA) is 42.3 Å². The van der Waals surface area contributed by atoms with Gasteiger partial charge in [0.15, 0.2) is 5.11 Å². The number of nitrogens with one attached hydrogen (secondary N) is 1. The minimum absolute atomic E-state index is 0.132. The summed E-state index contributed by atoms with van der Waals surface area (Å²) in [5, 5.41) is 5.28. The van der Waals surface area contributed by atoms with Crippen LogP contribution in [0.1, 0.15) is 60.4 Å². The number of hydrogen-bond donors (Lipinski definition) is 1. The van der Waals surface area contributed by atoms with Gasteiger partial charge in [0.2, 0.25) is 0 Å². The molecular weight excluding hydrogens is 547 g/mol. The Kier molecular flexibility index (Phi) is 7.27. The highest BCUT2D eigenvalue weighted by molar-refractivity contribution is 7.80. The van der Waals surface area contributed by atoms with Crippen molar-refractivity contribution >= 4 is 46.2 Å². The van der Waals surface area contributed by atoms with Gasteiger partial charge in [-0.25, -0.2) is 0 Å². The molecule has 0 amide bonds. The van der Waals surface area contributed by atoms with Crippen molar-refractivity contribution in [3.05, 3.63) is 106 Å². The number of rotatable bonds is 6. The average molecular weight is 578 g/mol. The van der Waals surface area contributed by atoms with Crippen molar-refractivity contribution in [3.63, 3.8) is 0 Å². The molecule has 39 heavy (non-hydrogen) atoms. The molecule has 2 aromatic heterocycles. The summed E-state index contributed by atoms with van der Waals surface area (Å²) in [6, 6.07) is 21.9. The van der Waals surface area contributed by atoms with Crippen LogP contribution < -0.4 is 15.0 Å². The van der Waals surface area contributed by atoms with Crippen LogP contribution in [0, 0.1) is 13.8 Å². The van der Waals surface area contributed by atoms with Crippen molar-refractivity contribution in [2.75, 3.05) is 4.90 Å². The minimum Gasteiger partial charge on any atom is -0.490 e. The quantitative estimate of drug-likeness (QED) is 0.234. The Hall–Kier alpha value is -3.06. The summed E-state index contributed by atoms with van der Waals surface area (Å²) in [7, 11) is 0. The van der Waals surface area contributed by atoms with Crippen molar-refractivity contribution in [1.82, 2.24) is 14.9 Å². The summed E-state index contributed by atoms with van der Waals surface area (Å²) in [5.41, 5.74) is 6.05. The highest BCUT2D eigenvalue weighted by Gasteiger charge is 2.42. The van der Waals surface area contributed by atoms with E-state index >= 15 is 0 Å². The lowest BCUT2D eigenvalue weighted by molar-refractivity contribution is 0.210. The Bertz CT molecular complexity index is 1500. The first kappa shape index (κ1) is 26.2.